The van der Waals surface area contributed by atoms with Gasteiger partial charge in [0.2, 0.25) is 17.7 Å². The number of nitrogens with one attached hydrogen (secondary N) is 2. The van der Waals surface area contributed by atoms with Crippen LogP contribution in [0.2, 0.25) is 0 Å². The Morgan fingerprint density at radius 3 is 2.67 bits per heavy atom. The molecule has 3 amide bonds. The molecule has 0 bridgehead atoms. The molecule has 0 radical (unpaired) electrons. The summed E-state index contributed by atoms with van der Waals surface area (Å²) in [6.45, 7) is 3.49. The minimum absolute atomic E-state index is 0.0863. The lowest BCUT2D eigenvalue weighted by atomic mass is 9.69. The van der Waals surface area contributed by atoms with Gasteiger partial charge in [-0.3, -0.25) is 14.4 Å². The molecule has 1 aromatic heterocycles. The highest BCUT2D eigenvalue weighted by molar-refractivity contribution is 5.97. The second-order valence-electron chi connectivity index (χ2n) is 8.70. The first-order valence-corrected chi connectivity index (χ1v) is 11.3. The van der Waals surface area contributed by atoms with Gasteiger partial charge in [0.25, 0.3) is 0 Å². The van der Waals surface area contributed by atoms with Gasteiger partial charge >= 0.3 is 0 Å². The summed E-state index contributed by atoms with van der Waals surface area (Å²) in [7, 11) is 1.56. The van der Waals surface area contributed by atoms with E-state index in [0.717, 1.165) is 5.52 Å². The van der Waals surface area contributed by atoms with E-state index >= 15 is 0 Å². The van der Waals surface area contributed by atoms with Gasteiger partial charge in [0.15, 0.2) is 0 Å². The summed E-state index contributed by atoms with van der Waals surface area (Å²) >= 11 is 0. The van der Waals surface area contributed by atoms with Gasteiger partial charge < -0.3 is 20.6 Å². The lowest BCUT2D eigenvalue weighted by Gasteiger charge is -2.33. The van der Waals surface area contributed by atoms with Gasteiger partial charge in [-0.1, -0.05) is 36.4 Å². The van der Waals surface area contributed by atoms with Crippen molar-refractivity contribution in [2.24, 2.45) is 23.7 Å². The number of carbonyl (C=O) groups is 3. The van der Waals surface area contributed by atoms with E-state index in [2.05, 4.69) is 20.9 Å². The highest BCUT2D eigenvalue weighted by Crippen LogP contribution is 2.45. The van der Waals surface area contributed by atoms with Crippen molar-refractivity contribution in [3.8, 4) is 0 Å². The molecule has 1 aliphatic heterocycles. The quantitative estimate of drug-likeness (QED) is 0.516. The number of rotatable bonds is 7. The molecule has 1 aromatic carbocycles. The molecule has 0 spiro atoms. The van der Waals surface area contributed by atoms with Crippen molar-refractivity contribution in [1.82, 2.24) is 30.5 Å². The predicted octanol–water partition coefficient (Wildman–Crippen LogP) is 0.287. The molecule has 0 unspecified atom stereocenters. The third-order valence-electron chi connectivity index (χ3n) is 6.90. The number of likely N-dealkylation sites (tertiary alicyclic amines) is 1. The van der Waals surface area contributed by atoms with Crippen LogP contribution in [0.5, 0.6) is 0 Å². The first-order valence-electron chi connectivity index (χ1n) is 11.3. The maximum absolute atomic E-state index is 13.5. The fraction of sp³-hybridized carbons (Fsp3) is 0.522. The van der Waals surface area contributed by atoms with E-state index in [1.807, 2.05) is 43.3 Å². The molecular weight excluding hydrogens is 424 g/mol. The van der Waals surface area contributed by atoms with E-state index in [-0.39, 0.29) is 36.9 Å². The van der Waals surface area contributed by atoms with Crippen LogP contribution >= 0.6 is 0 Å². The monoisotopic (exact) mass is 454 g/mol. The van der Waals surface area contributed by atoms with E-state index in [1.54, 1.807) is 18.7 Å². The fourth-order valence-corrected chi connectivity index (χ4v) is 5.22. The average Bonchev–Trinajstić information content (AvgIpc) is 3.39. The Labute approximate surface area is 192 Å². The highest BCUT2D eigenvalue weighted by atomic mass is 16.3. The first kappa shape index (κ1) is 22.9. The number of amides is 3. The zero-order valence-electron chi connectivity index (χ0n) is 19.0. The van der Waals surface area contributed by atoms with Crippen LogP contribution in [0.25, 0.3) is 11.0 Å². The van der Waals surface area contributed by atoms with Crippen LogP contribution in [-0.2, 0) is 21.1 Å². The first-order chi connectivity index (χ1) is 15.9. The second-order valence-corrected chi connectivity index (χ2v) is 8.70. The zero-order chi connectivity index (χ0) is 23.7. The third kappa shape index (κ3) is 3.88. The number of aromatic nitrogens is 3. The van der Waals surface area contributed by atoms with Crippen molar-refractivity contribution >= 4 is 28.8 Å². The van der Waals surface area contributed by atoms with Crippen LogP contribution in [-0.4, -0.2) is 68.5 Å². The normalized spacial score (nSPS) is 27.5. The van der Waals surface area contributed by atoms with Gasteiger partial charge in [0.1, 0.15) is 18.2 Å². The van der Waals surface area contributed by atoms with Crippen LogP contribution in [0.15, 0.2) is 36.4 Å². The van der Waals surface area contributed by atoms with Crippen molar-refractivity contribution in [2.45, 2.75) is 39.0 Å². The van der Waals surface area contributed by atoms with Crippen LogP contribution < -0.4 is 10.6 Å². The molecule has 3 N–H and O–H groups in total. The lowest BCUT2D eigenvalue weighted by molar-refractivity contribution is -0.143. The largest absolute Gasteiger partial charge is 0.394 e. The van der Waals surface area contributed by atoms with E-state index in [4.69, 9.17) is 0 Å². The molecule has 2 aromatic rings. The number of hydrogen-bond donors (Lipinski definition) is 3. The number of allylic oxidation sites excluding steroid dienone is 1. The van der Waals surface area contributed by atoms with Crippen molar-refractivity contribution in [3.05, 3.63) is 36.4 Å². The number of benzene rings is 1. The molecule has 4 rings (SSSR count). The van der Waals surface area contributed by atoms with Gasteiger partial charge in [-0.2, -0.15) is 0 Å². The maximum Gasteiger partial charge on any atom is 0.244 e. The van der Waals surface area contributed by atoms with Gasteiger partial charge in [0.05, 0.1) is 30.0 Å². The number of nitrogens with zero attached hydrogens (tertiary/aromatic N) is 4. The number of aliphatic hydroxyl groups is 1. The van der Waals surface area contributed by atoms with Crippen molar-refractivity contribution in [3.63, 3.8) is 0 Å². The van der Waals surface area contributed by atoms with E-state index in [9.17, 15) is 19.5 Å². The highest BCUT2D eigenvalue weighted by Gasteiger charge is 2.57. The summed E-state index contributed by atoms with van der Waals surface area (Å²) in [5, 5.41) is 23.6. The molecule has 1 aliphatic carbocycles. The number of hydrogen-bond acceptors (Lipinski definition) is 6. The SMILES string of the molecule is CC[C@@H]1C=C[C@H]2[C@@H](C(=O)N([C@H](C)CO)[C@@H]2C(=O)NCn2nnc3ccccc32)[C@@H]1C(=O)NC. The molecule has 33 heavy (non-hydrogen) atoms. The van der Waals surface area contributed by atoms with Gasteiger partial charge in [0, 0.05) is 13.0 Å². The van der Waals surface area contributed by atoms with Crippen molar-refractivity contribution in [1.29, 1.82) is 0 Å². The van der Waals surface area contributed by atoms with Crippen LogP contribution in [0.3, 0.4) is 0 Å². The van der Waals surface area contributed by atoms with E-state index < -0.39 is 29.8 Å². The molecule has 2 heterocycles. The molecule has 0 saturated carbocycles. The third-order valence-corrected chi connectivity index (χ3v) is 6.90. The molecule has 1 fully saturated rings. The Hall–Kier alpha value is -3.27. The Balaban J connectivity index is 1.63. The molecule has 1 saturated heterocycles. The second kappa shape index (κ2) is 9.30. The average molecular weight is 455 g/mol. The summed E-state index contributed by atoms with van der Waals surface area (Å²) in [5.41, 5.74) is 1.49. The van der Waals surface area contributed by atoms with Crippen molar-refractivity contribution < 1.29 is 19.5 Å². The topological polar surface area (TPSA) is 129 Å². The Kier molecular flexibility index (Phi) is 6.46. The van der Waals surface area contributed by atoms with Crippen LogP contribution in [0.1, 0.15) is 20.3 Å². The number of aliphatic hydroxyl groups excluding tert-OH is 1. The summed E-state index contributed by atoms with van der Waals surface area (Å²) < 4.78 is 1.58. The van der Waals surface area contributed by atoms with Crippen LogP contribution in [0, 0.1) is 23.7 Å². The summed E-state index contributed by atoms with van der Waals surface area (Å²) in [4.78, 5) is 41.2. The lowest BCUT2D eigenvalue weighted by Crippen LogP contribution is -2.51. The molecule has 2 aliphatic rings. The van der Waals surface area contributed by atoms with Crippen molar-refractivity contribution in [2.75, 3.05) is 13.7 Å². The van der Waals surface area contributed by atoms with Gasteiger partial charge in [-0.15, -0.1) is 5.10 Å². The maximum atomic E-state index is 13.5. The molecule has 10 nitrogen and oxygen atoms in total. The fourth-order valence-electron chi connectivity index (χ4n) is 5.22. The minimum Gasteiger partial charge on any atom is -0.394 e. The molecule has 176 valence electrons. The Bertz CT molecular complexity index is 1080. The molecular formula is C23H30N6O4. The standard InChI is InChI=1S/C23H30N6O4/c1-4-14-9-10-15-19(18(14)21(31)24-3)23(33)29(13(2)11-30)20(15)22(32)25-12-28-17-8-6-5-7-16(17)26-27-28/h5-10,13-15,18-20,30H,4,11-12H2,1-3H3,(H,24,31)(H,25,32)/t13-,14-,15+,18-,19-,20+/m1/s1. The smallest absolute Gasteiger partial charge is 0.244 e. The summed E-state index contributed by atoms with van der Waals surface area (Å²) in [6, 6.07) is 6.02. The zero-order valence-corrected chi connectivity index (χ0v) is 19.0. The van der Waals surface area contributed by atoms with Crippen LogP contribution in [0.4, 0.5) is 0 Å². The van der Waals surface area contributed by atoms with E-state index in [1.165, 1.54) is 4.90 Å². The van der Waals surface area contributed by atoms with Gasteiger partial charge in [-0.25, -0.2) is 4.68 Å². The predicted molar refractivity (Wildman–Crippen MR) is 120 cm³/mol. The minimum atomic E-state index is -0.833. The van der Waals surface area contributed by atoms with E-state index in [0.29, 0.717) is 11.9 Å². The number of carbonyl (C=O) groups excluding carboxylic acids is 3. The van der Waals surface area contributed by atoms with Gasteiger partial charge in [-0.05, 0) is 31.4 Å². The molecule has 10 heteroatoms. The number of fused-ring (bicyclic) bond motifs is 2. The summed E-state index contributed by atoms with van der Waals surface area (Å²) in [5.74, 6) is -2.62. The molecule has 6 atom stereocenters. The summed E-state index contributed by atoms with van der Waals surface area (Å²) in [6.07, 6.45) is 4.55. The number of para-hydroxylation sites is 1. The Morgan fingerprint density at radius 1 is 1.21 bits per heavy atom. The Morgan fingerprint density at radius 2 is 1.97 bits per heavy atom.